The van der Waals surface area contributed by atoms with Crippen molar-refractivity contribution in [2.24, 2.45) is 0 Å². The predicted octanol–water partition coefficient (Wildman–Crippen LogP) is 2.93. The number of anilines is 1. The number of carbonyl (C=O) groups is 1. The zero-order chi connectivity index (χ0) is 30.3. The fourth-order valence-corrected chi connectivity index (χ4v) is 7.47. The largest absolute Gasteiger partial charge is 0.495 e. The molecular formula is C29H35N3O8S2. The van der Waals surface area contributed by atoms with E-state index < -0.39 is 32.5 Å². The number of methoxy groups -OCH3 is 1. The summed E-state index contributed by atoms with van der Waals surface area (Å²) >= 11 is 0. The van der Waals surface area contributed by atoms with E-state index in [1.165, 1.54) is 29.6 Å². The van der Waals surface area contributed by atoms with E-state index in [0.717, 1.165) is 4.31 Å². The van der Waals surface area contributed by atoms with Gasteiger partial charge in [0, 0.05) is 19.6 Å². The molecule has 0 aromatic heterocycles. The molecule has 0 bridgehead atoms. The van der Waals surface area contributed by atoms with E-state index >= 15 is 0 Å². The molecule has 0 radical (unpaired) electrons. The molecule has 1 fully saturated rings. The van der Waals surface area contributed by atoms with Crippen LogP contribution in [0.2, 0.25) is 0 Å². The number of morpholine rings is 1. The molecule has 4 rings (SSSR count). The number of hydrogen-bond acceptors (Lipinski definition) is 8. The minimum absolute atomic E-state index is 0.0660. The topological polar surface area (TPSA) is 132 Å². The van der Waals surface area contributed by atoms with Gasteiger partial charge in [-0.1, -0.05) is 18.2 Å². The second-order valence-electron chi connectivity index (χ2n) is 9.53. The molecular weight excluding hydrogens is 582 g/mol. The average Bonchev–Trinajstić information content (AvgIpc) is 3.00. The van der Waals surface area contributed by atoms with Gasteiger partial charge in [-0.3, -0.25) is 9.10 Å². The predicted molar refractivity (Wildman–Crippen MR) is 158 cm³/mol. The standard InChI is InChI=1S/C29H35N3O8S2/c1-4-40-25-10-8-24(9-11-25)32(42(36,37)28-19-22(2)5-14-27(28)38-3)21-29(33)30-20-23-6-12-26(13-7-23)41(34,35)31-15-17-39-18-16-31/h5-14,19H,4,15-18,20-21H2,1-3H3,(H,30,33). The van der Waals surface area contributed by atoms with Crippen LogP contribution in [0.1, 0.15) is 18.1 Å². The Kier molecular flexibility index (Phi) is 10.1. The summed E-state index contributed by atoms with van der Waals surface area (Å²) in [5, 5.41) is 2.74. The van der Waals surface area contributed by atoms with E-state index in [-0.39, 0.29) is 27.8 Å². The van der Waals surface area contributed by atoms with Gasteiger partial charge in [-0.25, -0.2) is 16.8 Å². The number of carbonyl (C=O) groups excluding carboxylic acids is 1. The smallest absolute Gasteiger partial charge is 0.268 e. The van der Waals surface area contributed by atoms with Crippen LogP contribution >= 0.6 is 0 Å². The molecule has 1 aliphatic rings. The summed E-state index contributed by atoms with van der Waals surface area (Å²) in [5.41, 5.74) is 1.64. The summed E-state index contributed by atoms with van der Waals surface area (Å²) in [6.45, 7) is 4.92. The van der Waals surface area contributed by atoms with E-state index in [1.807, 2.05) is 6.92 Å². The highest BCUT2D eigenvalue weighted by atomic mass is 32.2. The minimum atomic E-state index is -4.23. The highest BCUT2D eigenvalue weighted by Crippen LogP contribution is 2.31. The molecule has 1 aliphatic heterocycles. The number of amides is 1. The van der Waals surface area contributed by atoms with Gasteiger partial charge >= 0.3 is 0 Å². The highest BCUT2D eigenvalue weighted by molar-refractivity contribution is 7.93. The van der Waals surface area contributed by atoms with Crippen LogP contribution in [0.25, 0.3) is 0 Å². The molecule has 0 spiro atoms. The third-order valence-corrected chi connectivity index (χ3v) is 10.3. The van der Waals surface area contributed by atoms with Gasteiger partial charge in [-0.05, 0) is 73.5 Å². The Bertz CT molecular complexity index is 1590. The van der Waals surface area contributed by atoms with E-state index in [0.29, 0.717) is 49.8 Å². The van der Waals surface area contributed by atoms with Crippen LogP contribution in [0, 0.1) is 6.92 Å². The Morgan fingerprint density at radius 2 is 1.64 bits per heavy atom. The molecule has 1 amide bonds. The first-order valence-electron chi connectivity index (χ1n) is 13.4. The van der Waals surface area contributed by atoms with Crippen molar-refractivity contribution in [1.29, 1.82) is 0 Å². The molecule has 1 N–H and O–H groups in total. The van der Waals surface area contributed by atoms with Gasteiger partial charge in [-0.15, -0.1) is 0 Å². The highest BCUT2D eigenvalue weighted by Gasteiger charge is 2.30. The first-order valence-corrected chi connectivity index (χ1v) is 16.3. The summed E-state index contributed by atoms with van der Waals surface area (Å²) < 4.78 is 72.0. The molecule has 0 aliphatic carbocycles. The number of nitrogens with zero attached hydrogens (tertiary/aromatic N) is 2. The molecule has 1 saturated heterocycles. The molecule has 0 saturated carbocycles. The van der Waals surface area contributed by atoms with Crippen LogP contribution in [0.4, 0.5) is 5.69 Å². The second-order valence-corrected chi connectivity index (χ2v) is 13.3. The summed E-state index contributed by atoms with van der Waals surface area (Å²) in [7, 11) is -6.49. The summed E-state index contributed by atoms with van der Waals surface area (Å²) in [6.07, 6.45) is 0. The summed E-state index contributed by atoms with van der Waals surface area (Å²) in [4.78, 5) is 13.2. The average molecular weight is 618 g/mol. The number of aryl methyl sites for hydroxylation is 1. The lowest BCUT2D eigenvalue weighted by Gasteiger charge is -2.26. The van der Waals surface area contributed by atoms with Crippen LogP contribution < -0.4 is 19.1 Å². The molecule has 42 heavy (non-hydrogen) atoms. The Hall–Kier alpha value is -3.65. The molecule has 0 unspecified atom stereocenters. The molecule has 11 nitrogen and oxygen atoms in total. The number of nitrogens with one attached hydrogen (secondary N) is 1. The zero-order valence-corrected chi connectivity index (χ0v) is 25.4. The van der Waals surface area contributed by atoms with Gasteiger partial charge in [0.15, 0.2) is 0 Å². The normalized spacial score (nSPS) is 14.3. The van der Waals surface area contributed by atoms with Crippen molar-refractivity contribution in [2.75, 3.05) is 50.9 Å². The molecule has 3 aromatic rings. The number of sulfonamides is 2. The van der Waals surface area contributed by atoms with Gasteiger partial charge < -0.3 is 19.5 Å². The maximum Gasteiger partial charge on any atom is 0.268 e. The van der Waals surface area contributed by atoms with Crippen LogP contribution in [0.5, 0.6) is 11.5 Å². The molecule has 13 heteroatoms. The van der Waals surface area contributed by atoms with E-state index in [4.69, 9.17) is 14.2 Å². The maximum absolute atomic E-state index is 13.9. The molecule has 1 heterocycles. The van der Waals surface area contributed by atoms with Gasteiger partial charge in [0.05, 0.1) is 37.5 Å². The number of hydrogen-bond donors (Lipinski definition) is 1. The van der Waals surface area contributed by atoms with Gasteiger partial charge in [-0.2, -0.15) is 4.31 Å². The van der Waals surface area contributed by atoms with Crippen LogP contribution in [-0.4, -0.2) is 73.6 Å². The maximum atomic E-state index is 13.9. The lowest BCUT2D eigenvalue weighted by molar-refractivity contribution is -0.119. The lowest BCUT2D eigenvalue weighted by atomic mass is 10.2. The first kappa shape index (κ1) is 31.3. The van der Waals surface area contributed by atoms with Gasteiger partial charge in [0.1, 0.15) is 22.9 Å². The summed E-state index contributed by atoms with van der Waals surface area (Å²) in [5.74, 6) is 0.170. The van der Waals surface area contributed by atoms with E-state index in [2.05, 4.69) is 5.32 Å². The number of ether oxygens (including phenoxy) is 3. The van der Waals surface area contributed by atoms with Crippen molar-refractivity contribution in [3.63, 3.8) is 0 Å². The van der Waals surface area contributed by atoms with Crippen LogP contribution in [0.3, 0.4) is 0 Å². The quantitative estimate of drug-likeness (QED) is 0.328. The SMILES string of the molecule is CCOc1ccc(N(CC(=O)NCc2ccc(S(=O)(=O)N3CCOCC3)cc2)S(=O)(=O)c2cc(C)ccc2OC)cc1. The van der Waals surface area contributed by atoms with E-state index in [1.54, 1.807) is 55.5 Å². The number of benzene rings is 3. The van der Waals surface area contributed by atoms with Crippen molar-refractivity contribution < 1.29 is 35.8 Å². The van der Waals surface area contributed by atoms with Gasteiger partial charge in [0.2, 0.25) is 15.9 Å². The second kappa shape index (κ2) is 13.6. The third-order valence-electron chi connectivity index (χ3n) is 6.63. The third kappa shape index (κ3) is 7.21. The van der Waals surface area contributed by atoms with Crippen molar-refractivity contribution in [3.05, 3.63) is 77.9 Å². The number of rotatable bonds is 12. The molecule has 3 aromatic carbocycles. The molecule has 226 valence electrons. The Morgan fingerprint density at radius 1 is 0.976 bits per heavy atom. The summed E-state index contributed by atoms with van der Waals surface area (Å²) in [6, 6.07) is 17.5. The Labute approximate surface area is 247 Å². The Morgan fingerprint density at radius 3 is 2.26 bits per heavy atom. The fourth-order valence-electron chi connectivity index (χ4n) is 4.40. The van der Waals surface area contributed by atoms with Crippen molar-refractivity contribution >= 4 is 31.6 Å². The van der Waals surface area contributed by atoms with Crippen LogP contribution in [-0.2, 0) is 36.1 Å². The van der Waals surface area contributed by atoms with Crippen molar-refractivity contribution in [1.82, 2.24) is 9.62 Å². The van der Waals surface area contributed by atoms with Crippen LogP contribution in [0.15, 0.2) is 76.5 Å². The van der Waals surface area contributed by atoms with E-state index in [9.17, 15) is 21.6 Å². The minimum Gasteiger partial charge on any atom is -0.495 e. The van der Waals surface area contributed by atoms with Crippen molar-refractivity contribution in [3.8, 4) is 11.5 Å². The first-order chi connectivity index (χ1) is 20.1. The Balaban J connectivity index is 1.52. The monoisotopic (exact) mass is 617 g/mol. The zero-order valence-electron chi connectivity index (χ0n) is 23.8. The fraction of sp³-hybridized carbons (Fsp3) is 0.345. The molecule has 0 atom stereocenters. The lowest BCUT2D eigenvalue weighted by Crippen LogP contribution is -2.41. The van der Waals surface area contributed by atoms with Crippen molar-refractivity contribution in [2.45, 2.75) is 30.2 Å². The van der Waals surface area contributed by atoms with Gasteiger partial charge in [0.25, 0.3) is 10.0 Å².